The molecule has 1 atom stereocenters. The summed E-state index contributed by atoms with van der Waals surface area (Å²) in [6.07, 6.45) is 0.217. The fourth-order valence-electron chi connectivity index (χ4n) is 3.59. The fourth-order valence-corrected chi connectivity index (χ4v) is 5.31. The van der Waals surface area contributed by atoms with Gasteiger partial charge in [-0.2, -0.15) is 4.31 Å². The van der Waals surface area contributed by atoms with Gasteiger partial charge in [0.15, 0.2) is 6.10 Å². The van der Waals surface area contributed by atoms with E-state index >= 15 is 0 Å². The van der Waals surface area contributed by atoms with E-state index in [9.17, 15) is 18.3 Å². The molecule has 0 saturated heterocycles. The zero-order chi connectivity index (χ0) is 26.4. The molecule has 190 valence electrons. The second kappa shape index (κ2) is 11.9. The van der Waals surface area contributed by atoms with Crippen molar-refractivity contribution >= 4 is 44.8 Å². The average molecular weight is 556 g/mol. The van der Waals surface area contributed by atoms with Crippen LogP contribution in [-0.4, -0.2) is 28.7 Å². The predicted octanol–water partition coefficient (Wildman–Crippen LogP) is 5.45. The second-order valence-electron chi connectivity index (χ2n) is 8.19. The van der Waals surface area contributed by atoms with E-state index in [2.05, 4.69) is 10.3 Å². The van der Waals surface area contributed by atoms with Crippen LogP contribution in [0, 0.1) is 0 Å². The number of hydrogen-bond acceptors (Lipinski definition) is 5. The first-order valence-corrected chi connectivity index (χ1v) is 13.4. The van der Waals surface area contributed by atoms with Crippen LogP contribution in [0.5, 0.6) is 0 Å². The molecule has 0 spiro atoms. The van der Waals surface area contributed by atoms with Gasteiger partial charge in [0.1, 0.15) is 0 Å². The van der Waals surface area contributed by atoms with Crippen molar-refractivity contribution in [2.75, 3.05) is 5.32 Å². The Morgan fingerprint density at radius 2 is 1.62 bits per heavy atom. The van der Waals surface area contributed by atoms with Gasteiger partial charge in [0.2, 0.25) is 10.0 Å². The van der Waals surface area contributed by atoms with Crippen molar-refractivity contribution in [2.24, 2.45) is 0 Å². The summed E-state index contributed by atoms with van der Waals surface area (Å²) >= 11 is 11.9. The third kappa shape index (κ3) is 6.94. The number of halogens is 2. The summed E-state index contributed by atoms with van der Waals surface area (Å²) in [5, 5.41) is 13.9. The molecule has 0 aliphatic carbocycles. The summed E-state index contributed by atoms with van der Waals surface area (Å²) in [5.74, 6) is -0.614. The van der Waals surface area contributed by atoms with Crippen molar-refractivity contribution in [2.45, 2.75) is 24.1 Å². The fraction of sp³-hybridized carbons (Fsp3) is 0.111. The first kappa shape index (κ1) is 26.8. The number of nitrogens with zero attached hydrogens (tertiary/aromatic N) is 2. The van der Waals surface area contributed by atoms with Crippen LogP contribution in [0.2, 0.25) is 10.0 Å². The van der Waals surface area contributed by atoms with Crippen LogP contribution in [0.4, 0.5) is 5.69 Å². The van der Waals surface area contributed by atoms with Crippen LogP contribution in [0.15, 0.2) is 102 Å². The Kier molecular flexibility index (Phi) is 8.58. The van der Waals surface area contributed by atoms with Crippen LogP contribution >= 0.6 is 23.2 Å². The third-order valence-electron chi connectivity index (χ3n) is 5.51. The van der Waals surface area contributed by atoms with Crippen molar-refractivity contribution in [1.82, 2.24) is 9.29 Å². The number of pyridine rings is 1. The molecular formula is C27H23Cl2N3O4S. The number of aliphatic hydroxyl groups excluding tert-OH is 1. The largest absolute Gasteiger partial charge is 0.378 e. The number of aromatic nitrogens is 1. The van der Waals surface area contributed by atoms with E-state index in [1.165, 1.54) is 34.6 Å². The van der Waals surface area contributed by atoms with Gasteiger partial charge in [-0.1, -0.05) is 53.5 Å². The highest BCUT2D eigenvalue weighted by Crippen LogP contribution is 2.24. The molecule has 37 heavy (non-hydrogen) atoms. The lowest BCUT2D eigenvalue weighted by Crippen LogP contribution is -2.30. The van der Waals surface area contributed by atoms with Gasteiger partial charge in [0, 0.05) is 28.5 Å². The number of carbonyl (C=O) groups is 1. The molecule has 1 aromatic heterocycles. The van der Waals surface area contributed by atoms with E-state index in [-0.39, 0.29) is 18.0 Å². The maximum Gasteiger partial charge on any atom is 0.257 e. The summed E-state index contributed by atoms with van der Waals surface area (Å²) in [7, 11) is -3.87. The monoisotopic (exact) mass is 555 g/mol. The van der Waals surface area contributed by atoms with Gasteiger partial charge >= 0.3 is 0 Å². The van der Waals surface area contributed by atoms with E-state index < -0.39 is 22.0 Å². The molecule has 7 nitrogen and oxygen atoms in total. The smallest absolute Gasteiger partial charge is 0.257 e. The first-order valence-electron chi connectivity index (χ1n) is 11.2. The molecule has 0 fully saturated rings. The average Bonchev–Trinajstić information content (AvgIpc) is 2.89. The maximum atomic E-state index is 13.5. The molecule has 4 rings (SSSR count). The van der Waals surface area contributed by atoms with Crippen LogP contribution < -0.4 is 5.32 Å². The number of sulfonamides is 1. The van der Waals surface area contributed by atoms with Crippen molar-refractivity contribution in [3.63, 3.8) is 0 Å². The molecule has 0 aliphatic heterocycles. The minimum atomic E-state index is -3.87. The van der Waals surface area contributed by atoms with E-state index in [0.29, 0.717) is 32.6 Å². The minimum Gasteiger partial charge on any atom is -0.378 e. The molecule has 10 heteroatoms. The predicted molar refractivity (Wildman–Crippen MR) is 144 cm³/mol. The van der Waals surface area contributed by atoms with Crippen LogP contribution in [0.25, 0.3) is 0 Å². The number of aliphatic hydroxyl groups is 1. The van der Waals surface area contributed by atoms with Gasteiger partial charge in [-0.3, -0.25) is 9.78 Å². The molecule has 1 unspecified atom stereocenters. The highest BCUT2D eigenvalue weighted by atomic mass is 35.5. The Hall–Kier alpha value is -3.27. The molecule has 0 aliphatic rings. The highest BCUT2D eigenvalue weighted by Gasteiger charge is 2.25. The van der Waals surface area contributed by atoms with E-state index in [0.717, 1.165) is 0 Å². The van der Waals surface area contributed by atoms with Gasteiger partial charge in [0.25, 0.3) is 5.91 Å². The summed E-state index contributed by atoms with van der Waals surface area (Å²) in [6.45, 7) is 0.136. The highest BCUT2D eigenvalue weighted by molar-refractivity contribution is 7.89. The van der Waals surface area contributed by atoms with Crippen LogP contribution in [-0.2, 0) is 27.9 Å². The molecule has 4 aromatic rings. The number of hydrogen-bond donors (Lipinski definition) is 2. The number of carbonyl (C=O) groups excluding carboxylic acids is 1. The number of nitrogens with one attached hydrogen (secondary N) is 1. The minimum absolute atomic E-state index is 0.0656. The Labute approximate surface area is 225 Å². The topological polar surface area (TPSA) is 99.6 Å². The van der Waals surface area contributed by atoms with Gasteiger partial charge in [0.05, 0.1) is 17.1 Å². The molecular weight excluding hydrogens is 533 g/mol. The molecule has 3 aromatic carbocycles. The van der Waals surface area contributed by atoms with E-state index in [1.807, 2.05) is 0 Å². The molecule has 0 radical (unpaired) electrons. The summed E-state index contributed by atoms with van der Waals surface area (Å²) in [6, 6.07) is 24.5. The summed E-state index contributed by atoms with van der Waals surface area (Å²) in [5.41, 5.74) is 2.12. The summed E-state index contributed by atoms with van der Waals surface area (Å²) in [4.78, 5) is 16.9. The van der Waals surface area contributed by atoms with Crippen molar-refractivity contribution in [3.8, 4) is 0 Å². The third-order valence-corrected chi connectivity index (χ3v) is 7.80. The van der Waals surface area contributed by atoms with Crippen molar-refractivity contribution in [1.29, 1.82) is 0 Å². The first-order chi connectivity index (χ1) is 17.7. The van der Waals surface area contributed by atoms with Gasteiger partial charge in [-0.05, 0) is 71.8 Å². The van der Waals surface area contributed by atoms with E-state index in [4.69, 9.17) is 23.2 Å². The number of benzene rings is 3. The van der Waals surface area contributed by atoms with Crippen molar-refractivity contribution < 1.29 is 18.3 Å². The standard InChI is InChI=1S/C27H23Cl2N3O4S/c28-21-9-13-25(14-10-21)37(35,36)32(18-24-6-1-2-15-30-24)17-19-7-11-23(12-8-19)31-27(34)26(33)20-4-3-5-22(29)16-20/h1-16,26,33H,17-18H2,(H,31,34). The zero-order valence-corrected chi connectivity index (χ0v) is 21.8. The van der Waals surface area contributed by atoms with Gasteiger partial charge < -0.3 is 10.4 Å². The molecule has 2 N–H and O–H groups in total. The maximum absolute atomic E-state index is 13.5. The van der Waals surface area contributed by atoms with Crippen molar-refractivity contribution in [3.05, 3.63) is 124 Å². The molecule has 0 saturated carbocycles. The Balaban J connectivity index is 1.51. The Morgan fingerprint density at radius 1 is 0.892 bits per heavy atom. The Morgan fingerprint density at radius 3 is 2.27 bits per heavy atom. The van der Waals surface area contributed by atoms with Gasteiger partial charge in [-0.25, -0.2) is 8.42 Å². The quantitative estimate of drug-likeness (QED) is 0.286. The molecule has 1 heterocycles. The number of anilines is 1. The van der Waals surface area contributed by atoms with Crippen LogP contribution in [0.1, 0.15) is 22.9 Å². The lowest BCUT2D eigenvalue weighted by Gasteiger charge is -2.22. The molecule has 0 bridgehead atoms. The lowest BCUT2D eigenvalue weighted by atomic mass is 10.1. The van der Waals surface area contributed by atoms with Crippen LogP contribution in [0.3, 0.4) is 0 Å². The summed E-state index contributed by atoms with van der Waals surface area (Å²) < 4.78 is 28.2. The second-order valence-corrected chi connectivity index (χ2v) is 11.0. The van der Waals surface area contributed by atoms with E-state index in [1.54, 1.807) is 66.9 Å². The normalized spacial score (nSPS) is 12.3. The van der Waals surface area contributed by atoms with Gasteiger partial charge in [-0.15, -0.1) is 0 Å². The SMILES string of the molecule is O=C(Nc1ccc(CN(Cc2ccccn2)S(=O)(=O)c2ccc(Cl)cc2)cc1)C(O)c1cccc(Cl)c1. The number of amides is 1. The Bertz CT molecular complexity index is 1470. The zero-order valence-electron chi connectivity index (χ0n) is 19.5. The molecule has 1 amide bonds. The lowest BCUT2D eigenvalue weighted by molar-refractivity contribution is -0.124. The number of rotatable bonds is 9.